The number of benzene rings is 2. The van der Waals surface area contributed by atoms with Gasteiger partial charge in [0.25, 0.3) is 5.91 Å². The van der Waals surface area contributed by atoms with E-state index in [2.05, 4.69) is 11.8 Å². The van der Waals surface area contributed by atoms with E-state index < -0.39 is 5.82 Å². The van der Waals surface area contributed by atoms with Gasteiger partial charge in [0, 0.05) is 19.2 Å². The number of hydrogen-bond acceptors (Lipinski definition) is 3. The molecule has 31 heavy (non-hydrogen) atoms. The van der Waals surface area contributed by atoms with Crippen LogP contribution in [0.25, 0.3) is 0 Å². The molecule has 0 atom stereocenters. The number of nitrogens with zero attached hydrogens (tertiary/aromatic N) is 2. The van der Waals surface area contributed by atoms with Gasteiger partial charge in [-0.25, -0.2) is 8.78 Å². The van der Waals surface area contributed by atoms with Gasteiger partial charge in [0.2, 0.25) is 0 Å². The Balaban J connectivity index is 0.000000287. The molecule has 2 aromatic carbocycles. The second kappa shape index (κ2) is 11.8. The number of piperidine rings is 1. The van der Waals surface area contributed by atoms with Crippen LogP contribution < -0.4 is 4.74 Å². The van der Waals surface area contributed by atoms with Gasteiger partial charge in [-0.05, 0) is 75.1 Å². The molecule has 0 aromatic heterocycles. The van der Waals surface area contributed by atoms with Crippen molar-refractivity contribution in [3.05, 3.63) is 65.2 Å². The van der Waals surface area contributed by atoms with Crippen LogP contribution in [-0.2, 0) is 6.61 Å². The van der Waals surface area contributed by atoms with Crippen molar-refractivity contribution in [1.29, 1.82) is 0 Å². The zero-order valence-corrected chi connectivity index (χ0v) is 18.3. The maximum absolute atomic E-state index is 14.2. The number of ether oxygens (including phenoxy) is 1. The minimum atomic E-state index is -0.585. The molecule has 0 saturated carbocycles. The van der Waals surface area contributed by atoms with Crippen LogP contribution in [0, 0.1) is 11.6 Å². The Bertz CT molecular complexity index is 830. The largest absolute Gasteiger partial charge is 0.489 e. The van der Waals surface area contributed by atoms with Gasteiger partial charge in [0.15, 0.2) is 0 Å². The number of likely N-dealkylation sites (tertiary alicyclic amines) is 2. The Labute approximate surface area is 183 Å². The van der Waals surface area contributed by atoms with Crippen molar-refractivity contribution < 1.29 is 18.3 Å². The van der Waals surface area contributed by atoms with E-state index in [1.807, 2.05) is 0 Å². The quantitative estimate of drug-likeness (QED) is 0.648. The molecule has 2 aliphatic rings. The van der Waals surface area contributed by atoms with Crippen molar-refractivity contribution in [3.63, 3.8) is 0 Å². The van der Waals surface area contributed by atoms with Gasteiger partial charge in [0.1, 0.15) is 24.0 Å². The first-order valence-corrected chi connectivity index (χ1v) is 11.2. The second-order valence-corrected chi connectivity index (χ2v) is 8.05. The van der Waals surface area contributed by atoms with Crippen LogP contribution in [0.15, 0.2) is 42.5 Å². The van der Waals surface area contributed by atoms with E-state index in [0.717, 1.165) is 18.4 Å². The summed E-state index contributed by atoms with van der Waals surface area (Å²) in [5.41, 5.74) is 0.852. The van der Waals surface area contributed by atoms with Crippen molar-refractivity contribution in [2.45, 2.75) is 45.6 Å². The average molecular weight is 431 g/mol. The molecule has 0 N–H and O–H groups in total. The number of halogens is 2. The first-order valence-electron chi connectivity index (χ1n) is 11.2. The Morgan fingerprint density at radius 1 is 0.903 bits per heavy atom. The molecule has 6 heteroatoms. The van der Waals surface area contributed by atoms with Crippen LogP contribution in [0.4, 0.5) is 8.78 Å². The van der Waals surface area contributed by atoms with Crippen LogP contribution in [-0.4, -0.2) is 48.4 Å². The highest BCUT2D eigenvalue weighted by atomic mass is 19.1. The molecule has 168 valence electrons. The summed E-state index contributed by atoms with van der Waals surface area (Å²) in [6.45, 7) is 7.75. The summed E-state index contributed by atoms with van der Waals surface area (Å²) in [6.07, 6.45) is 6.23. The minimum Gasteiger partial charge on any atom is -0.489 e. The lowest BCUT2D eigenvalue weighted by molar-refractivity contribution is 0.0788. The van der Waals surface area contributed by atoms with Crippen LogP contribution in [0.3, 0.4) is 0 Å². The predicted molar refractivity (Wildman–Crippen MR) is 118 cm³/mol. The number of hydrogen-bond donors (Lipinski definition) is 0. The number of carbonyl (C=O) groups is 1. The van der Waals surface area contributed by atoms with Crippen molar-refractivity contribution >= 4 is 5.91 Å². The summed E-state index contributed by atoms with van der Waals surface area (Å²) in [5.74, 6) is -0.835. The normalized spacial score (nSPS) is 16.5. The van der Waals surface area contributed by atoms with Gasteiger partial charge in [0.05, 0.1) is 5.56 Å². The summed E-state index contributed by atoms with van der Waals surface area (Å²) < 4.78 is 32.5. The fourth-order valence-corrected chi connectivity index (χ4v) is 3.87. The lowest BCUT2D eigenvalue weighted by atomic mass is 10.1. The zero-order chi connectivity index (χ0) is 22.1. The second-order valence-electron chi connectivity index (χ2n) is 8.05. The highest BCUT2D eigenvalue weighted by molar-refractivity contribution is 5.94. The molecule has 0 aliphatic carbocycles. The maximum Gasteiger partial charge on any atom is 0.256 e. The molecule has 0 spiro atoms. The fraction of sp³-hybridized carbons (Fsp3) is 0.480. The van der Waals surface area contributed by atoms with Crippen LogP contribution in [0.2, 0.25) is 0 Å². The summed E-state index contributed by atoms with van der Waals surface area (Å²) in [5, 5.41) is 0. The Hall–Kier alpha value is -2.47. The van der Waals surface area contributed by atoms with Gasteiger partial charge in [-0.15, -0.1) is 0 Å². The fourth-order valence-electron chi connectivity index (χ4n) is 3.87. The van der Waals surface area contributed by atoms with Crippen molar-refractivity contribution in [2.24, 2.45) is 0 Å². The molecule has 2 aromatic rings. The zero-order valence-electron chi connectivity index (χ0n) is 18.3. The third-order valence-electron chi connectivity index (χ3n) is 5.78. The molecule has 0 unspecified atom stereocenters. The molecule has 4 nitrogen and oxygen atoms in total. The highest BCUT2D eigenvalue weighted by Gasteiger charge is 2.22. The molecule has 2 aliphatic heterocycles. The predicted octanol–water partition coefficient (Wildman–Crippen LogP) is 5.27. The third kappa shape index (κ3) is 7.03. The van der Waals surface area contributed by atoms with Crippen LogP contribution >= 0.6 is 0 Å². The number of carbonyl (C=O) groups excluding carboxylic acids is 1. The summed E-state index contributed by atoms with van der Waals surface area (Å²) >= 11 is 0. The van der Waals surface area contributed by atoms with E-state index in [-0.39, 0.29) is 23.9 Å². The van der Waals surface area contributed by atoms with Gasteiger partial charge >= 0.3 is 0 Å². The topological polar surface area (TPSA) is 32.8 Å². The SMILES string of the molecule is CCN1CCCCC1.O=C(c1ccc(OCc2ccc(F)cc2)cc1F)N1CCCC1. The van der Waals surface area contributed by atoms with E-state index in [0.29, 0.717) is 18.8 Å². The summed E-state index contributed by atoms with van der Waals surface area (Å²) in [4.78, 5) is 16.4. The highest BCUT2D eigenvalue weighted by Crippen LogP contribution is 2.21. The van der Waals surface area contributed by atoms with Gasteiger partial charge < -0.3 is 14.5 Å². The lowest BCUT2D eigenvalue weighted by Crippen LogP contribution is -2.29. The molecular weight excluding hydrogens is 398 g/mol. The molecule has 4 rings (SSSR count). The first-order chi connectivity index (χ1) is 15.1. The Morgan fingerprint density at radius 3 is 2.13 bits per heavy atom. The number of rotatable bonds is 5. The first kappa shape index (κ1) is 23.2. The van der Waals surface area contributed by atoms with Crippen molar-refractivity contribution in [3.8, 4) is 5.75 Å². The average Bonchev–Trinajstić information content (AvgIpc) is 3.34. The standard InChI is InChI=1S/C18H17F2NO2.C7H15N/c19-14-5-3-13(4-6-14)12-23-15-7-8-16(17(20)11-15)18(22)21-9-1-2-10-21;1-2-8-6-4-3-5-7-8/h3-8,11H,1-2,9-10,12H2;2-7H2,1H3. The van der Waals surface area contributed by atoms with Gasteiger partial charge in [-0.3, -0.25) is 4.79 Å². The minimum absolute atomic E-state index is 0.0704. The molecule has 0 bridgehead atoms. The molecule has 1 amide bonds. The van der Waals surface area contributed by atoms with Crippen molar-refractivity contribution in [2.75, 3.05) is 32.7 Å². The van der Waals surface area contributed by atoms with Crippen molar-refractivity contribution in [1.82, 2.24) is 9.80 Å². The lowest BCUT2D eigenvalue weighted by Gasteiger charge is -2.24. The molecule has 2 heterocycles. The van der Waals surface area contributed by atoms with Crippen LogP contribution in [0.1, 0.15) is 54.9 Å². The molecule has 2 saturated heterocycles. The van der Waals surface area contributed by atoms with Gasteiger partial charge in [-0.2, -0.15) is 0 Å². The van der Waals surface area contributed by atoms with Crippen LogP contribution in [0.5, 0.6) is 5.75 Å². The van der Waals surface area contributed by atoms with Gasteiger partial charge in [-0.1, -0.05) is 25.5 Å². The third-order valence-corrected chi connectivity index (χ3v) is 5.78. The maximum atomic E-state index is 14.2. The van der Waals surface area contributed by atoms with E-state index >= 15 is 0 Å². The molecular formula is C25H32F2N2O2. The van der Waals surface area contributed by atoms with E-state index in [1.165, 1.54) is 63.2 Å². The van der Waals surface area contributed by atoms with E-state index in [4.69, 9.17) is 4.74 Å². The van der Waals surface area contributed by atoms with E-state index in [1.54, 1.807) is 23.1 Å². The molecule has 2 fully saturated rings. The monoisotopic (exact) mass is 430 g/mol. The molecule has 0 radical (unpaired) electrons. The Kier molecular flexibility index (Phi) is 8.83. The summed E-state index contributed by atoms with van der Waals surface area (Å²) in [7, 11) is 0. The Morgan fingerprint density at radius 2 is 1.55 bits per heavy atom. The number of amides is 1. The van der Waals surface area contributed by atoms with E-state index in [9.17, 15) is 13.6 Å². The summed E-state index contributed by atoms with van der Waals surface area (Å²) in [6, 6.07) is 10.2. The smallest absolute Gasteiger partial charge is 0.256 e.